The average Bonchev–Trinajstić information content (AvgIpc) is 2.69. The largest absolute Gasteiger partial charge is 0.317 e. The molecule has 0 heterocycles. The third kappa shape index (κ3) is 6.40. The molecule has 1 nitrogen and oxygen atoms in total. The van der Waals surface area contributed by atoms with E-state index in [0.29, 0.717) is 0 Å². The van der Waals surface area contributed by atoms with E-state index in [-0.39, 0.29) is 0 Å². The van der Waals surface area contributed by atoms with Crippen LogP contribution in [0.2, 0.25) is 0 Å². The highest BCUT2D eigenvalue weighted by Crippen LogP contribution is 2.25. The quantitative estimate of drug-likeness (QED) is 0.575. The zero-order valence-corrected chi connectivity index (χ0v) is 15.2. The highest BCUT2D eigenvalue weighted by atomic mass is 14.8. The predicted molar refractivity (Wildman–Crippen MR) is 111 cm³/mol. The van der Waals surface area contributed by atoms with Crippen LogP contribution >= 0.6 is 0 Å². The molecule has 0 aliphatic carbocycles. The molecule has 0 amide bonds. The molecule has 128 valence electrons. The first kappa shape index (κ1) is 18.7. The number of hydrogen-bond donors (Lipinski definition) is 1. The van der Waals surface area contributed by atoms with Crippen LogP contribution in [0.5, 0.6) is 0 Å². The van der Waals surface area contributed by atoms with Crippen molar-refractivity contribution in [1.29, 1.82) is 0 Å². The Bertz CT molecular complexity index is 687. The molecule has 0 atom stereocenters. The lowest BCUT2D eigenvalue weighted by Gasteiger charge is -2.08. The van der Waals surface area contributed by atoms with Crippen molar-refractivity contribution in [1.82, 2.24) is 5.32 Å². The first-order valence-electron chi connectivity index (χ1n) is 8.93. The van der Waals surface area contributed by atoms with Gasteiger partial charge in [0.05, 0.1) is 0 Å². The number of nitrogens with one attached hydrogen (secondary N) is 1. The Morgan fingerprint density at radius 2 is 1.04 bits per heavy atom. The first-order valence-corrected chi connectivity index (χ1v) is 8.93. The highest BCUT2D eigenvalue weighted by molar-refractivity contribution is 5.91. The SMILES string of the molecule is C(=C(c1ccccc1)c1ccccc1)c1ccccc1.CCNCC. The Kier molecular flexibility index (Phi) is 8.23. The topological polar surface area (TPSA) is 12.0 Å². The Labute approximate surface area is 152 Å². The van der Waals surface area contributed by atoms with Crippen LogP contribution < -0.4 is 5.32 Å². The molecule has 0 aliphatic heterocycles. The van der Waals surface area contributed by atoms with E-state index in [9.17, 15) is 0 Å². The van der Waals surface area contributed by atoms with Crippen LogP contribution in [0.3, 0.4) is 0 Å². The molecule has 0 saturated heterocycles. The molecule has 3 aromatic rings. The van der Waals surface area contributed by atoms with E-state index in [1.807, 2.05) is 6.07 Å². The van der Waals surface area contributed by atoms with Crippen molar-refractivity contribution in [2.45, 2.75) is 13.8 Å². The van der Waals surface area contributed by atoms with Gasteiger partial charge < -0.3 is 5.32 Å². The maximum atomic E-state index is 3.11. The zero-order chi connectivity index (χ0) is 17.7. The van der Waals surface area contributed by atoms with Gasteiger partial charge >= 0.3 is 0 Å². The molecule has 0 unspecified atom stereocenters. The molecule has 3 aromatic carbocycles. The lowest BCUT2D eigenvalue weighted by atomic mass is 9.96. The zero-order valence-electron chi connectivity index (χ0n) is 15.2. The van der Waals surface area contributed by atoms with Crippen molar-refractivity contribution in [2.75, 3.05) is 13.1 Å². The van der Waals surface area contributed by atoms with E-state index in [1.165, 1.54) is 22.3 Å². The lowest BCUT2D eigenvalue weighted by Crippen LogP contribution is -2.09. The summed E-state index contributed by atoms with van der Waals surface area (Å²) in [5.41, 5.74) is 4.94. The summed E-state index contributed by atoms with van der Waals surface area (Å²) in [7, 11) is 0. The van der Waals surface area contributed by atoms with Crippen LogP contribution in [0.25, 0.3) is 11.6 Å². The van der Waals surface area contributed by atoms with Gasteiger partial charge in [-0.1, -0.05) is 105 Å². The molecule has 0 saturated carbocycles. The molecule has 0 spiro atoms. The molecule has 0 radical (unpaired) electrons. The summed E-state index contributed by atoms with van der Waals surface area (Å²) in [5.74, 6) is 0. The fourth-order valence-electron chi connectivity index (χ4n) is 2.53. The number of benzene rings is 3. The minimum Gasteiger partial charge on any atom is -0.317 e. The fourth-order valence-corrected chi connectivity index (χ4v) is 2.53. The van der Waals surface area contributed by atoms with E-state index in [2.05, 4.69) is 110 Å². The fraction of sp³-hybridized carbons (Fsp3) is 0.167. The van der Waals surface area contributed by atoms with Gasteiger partial charge in [-0.3, -0.25) is 0 Å². The highest BCUT2D eigenvalue weighted by Gasteiger charge is 2.04. The second-order valence-corrected chi connectivity index (χ2v) is 5.66. The van der Waals surface area contributed by atoms with Crippen LogP contribution in [0, 0.1) is 0 Å². The molecule has 1 N–H and O–H groups in total. The lowest BCUT2D eigenvalue weighted by molar-refractivity contribution is 0.762. The van der Waals surface area contributed by atoms with Gasteiger partial charge in [0.2, 0.25) is 0 Å². The van der Waals surface area contributed by atoms with Crippen molar-refractivity contribution < 1.29 is 0 Å². The predicted octanol–water partition coefficient (Wildman–Crippen LogP) is 5.89. The molecule has 1 heteroatoms. The summed E-state index contributed by atoms with van der Waals surface area (Å²) in [5, 5.41) is 3.11. The van der Waals surface area contributed by atoms with Gasteiger partial charge in [-0.25, -0.2) is 0 Å². The molecule has 0 bridgehead atoms. The van der Waals surface area contributed by atoms with Crippen LogP contribution in [-0.4, -0.2) is 13.1 Å². The molecular weight excluding hydrogens is 302 g/mol. The monoisotopic (exact) mass is 329 g/mol. The molecule has 0 fully saturated rings. The van der Waals surface area contributed by atoms with Crippen LogP contribution in [-0.2, 0) is 0 Å². The van der Waals surface area contributed by atoms with E-state index < -0.39 is 0 Å². The minimum absolute atomic E-state index is 1.09. The second-order valence-electron chi connectivity index (χ2n) is 5.66. The third-order valence-electron chi connectivity index (χ3n) is 3.78. The molecular formula is C24H27N. The van der Waals surface area contributed by atoms with Crippen LogP contribution in [0.4, 0.5) is 0 Å². The summed E-state index contributed by atoms with van der Waals surface area (Å²) < 4.78 is 0. The van der Waals surface area contributed by atoms with E-state index in [1.54, 1.807) is 0 Å². The maximum Gasteiger partial charge on any atom is -0.00775 e. The average molecular weight is 329 g/mol. The smallest absolute Gasteiger partial charge is 0.00775 e. The summed E-state index contributed by atoms with van der Waals surface area (Å²) >= 11 is 0. The van der Waals surface area contributed by atoms with Crippen molar-refractivity contribution >= 4 is 11.6 Å². The van der Waals surface area contributed by atoms with Crippen LogP contribution in [0.15, 0.2) is 91.0 Å². The third-order valence-corrected chi connectivity index (χ3v) is 3.78. The van der Waals surface area contributed by atoms with E-state index in [0.717, 1.165) is 13.1 Å². The normalized spacial score (nSPS) is 9.68. The van der Waals surface area contributed by atoms with Gasteiger partial charge in [0, 0.05) is 0 Å². The van der Waals surface area contributed by atoms with Gasteiger partial charge in [-0.2, -0.15) is 0 Å². The van der Waals surface area contributed by atoms with E-state index in [4.69, 9.17) is 0 Å². The van der Waals surface area contributed by atoms with Gasteiger partial charge in [0.25, 0.3) is 0 Å². The Morgan fingerprint density at radius 3 is 1.40 bits per heavy atom. The van der Waals surface area contributed by atoms with Gasteiger partial charge in [0.1, 0.15) is 0 Å². The Morgan fingerprint density at radius 1 is 0.640 bits per heavy atom. The molecule has 0 aromatic heterocycles. The molecule has 0 aliphatic rings. The van der Waals surface area contributed by atoms with Gasteiger partial charge in [-0.15, -0.1) is 0 Å². The van der Waals surface area contributed by atoms with Crippen molar-refractivity contribution in [3.63, 3.8) is 0 Å². The summed E-state index contributed by atoms with van der Waals surface area (Å²) in [6, 6.07) is 31.5. The van der Waals surface area contributed by atoms with Crippen molar-refractivity contribution in [3.05, 3.63) is 108 Å². The van der Waals surface area contributed by atoms with E-state index >= 15 is 0 Å². The van der Waals surface area contributed by atoms with Crippen molar-refractivity contribution in [2.24, 2.45) is 0 Å². The Hall–Kier alpha value is -2.64. The van der Waals surface area contributed by atoms with Crippen molar-refractivity contribution in [3.8, 4) is 0 Å². The van der Waals surface area contributed by atoms with Gasteiger partial charge in [-0.05, 0) is 41.4 Å². The van der Waals surface area contributed by atoms with Crippen LogP contribution in [0.1, 0.15) is 30.5 Å². The molecule has 25 heavy (non-hydrogen) atoms. The first-order chi connectivity index (χ1) is 12.3. The van der Waals surface area contributed by atoms with Gasteiger partial charge in [0.15, 0.2) is 0 Å². The maximum absolute atomic E-state index is 3.11. The minimum atomic E-state index is 1.09. The number of rotatable bonds is 5. The summed E-state index contributed by atoms with van der Waals surface area (Å²) in [4.78, 5) is 0. The standard InChI is InChI=1S/C20H16.C4H11N/c1-4-10-17(11-5-1)16-20(18-12-6-2-7-13-18)19-14-8-3-9-15-19;1-3-5-4-2/h1-16H;5H,3-4H2,1-2H3. The summed E-state index contributed by atoms with van der Waals surface area (Å²) in [6.45, 7) is 6.39. The molecule has 3 rings (SSSR count). The summed E-state index contributed by atoms with van der Waals surface area (Å²) in [6.07, 6.45) is 2.24. The Balaban J connectivity index is 0.000000399. The number of hydrogen-bond acceptors (Lipinski definition) is 1. The second kappa shape index (κ2) is 11.0.